The molecule has 3 nitrogen and oxygen atoms in total. The summed E-state index contributed by atoms with van der Waals surface area (Å²) in [6.07, 6.45) is 1.60. The van der Waals surface area contributed by atoms with Gasteiger partial charge in [0.1, 0.15) is 6.04 Å². The van der Waals surface area contributed by atoms with Gasteiger partial charge in [-0.25, -0.2) is 4.79 Å². The molecule has 1 aromatic rings. The summed E-state index contributed by atoms with van der Waals surface area (Å²) in [5.74, 6) is -0.236. The predicted octanol–water partition coefficient (Wildman–Crippen LogP) is 2.24. The van der Waals surface area contributed by atoms with Gasteiger partial charge in [0.25, 0.3) is 0 Å². The van der Waals surface area contributed by atoms with Crippen molar-refractivity contribution in [1.29, 1.82) is 0 Å². The fourth-order valence-corrected chi connectivity index (χ4v) is 2.05. The third-order valence-corrected chi connectivity index (χ3v) is 2.92. The van der Waals surface area contributed by atoms with Gasteiger partial charge < -0.3 is 10.1 Å². The van der Waals surface area contributed by atoms with Crippen molar-refractivity contribution < 1.29 is 9.53 Å². The highest BCUT2D eigenvalue weighted by molar-refractivity contribution is 6.33. The lowest BCUT2D eigenvalue weighted by Crippen LogP contribution is -2.34. The molecule has 4 heteroatoms. The minimum absolute atomic E-state index is 0.236. The molecule has 1 aliphatic rings. The second-order valence-electron chi connectivity index (χ2n) is 3.53. The molecule has 1 unspecified atom stereocenters. The fraction of sp³-hybridized carbons (Fsp3) is 0.364. The molecule has 1 aliphatic heterocycles. The van der Waals surface area contributed by atoms with E-state index in [9.17, 15) is 4.79 Å². The van der Waals surface area contributed by atoms with Crippen molar-refractivity contribution in [1.82, 2.24) is 0 Å². The van der Waals surface area contributed by atoms with Gasteiger partial charge in [-0.05, 0) is 24.5 Å². The van der Waals surface area contributed by atoms with E-state index in [2.05, 4.69) is 5.32 Å². The van der Waals surface area contributed by atoms with Crippen molar-refractivity contribution in [3.05, 3.63) is 28.8 Å². The second kappa shape index (κ2) is 4.11. The van der Waals surface area contributed by atoms with Gasteiger partial charge in [-0.3, -0.25) is 0 Å². The number of hydrogen-bond donors (Lipinski definition) is 1. The number of rotatable bonds is 1. The summed E-state index contributed by atoms with van der Waals surface area (Å²) < 4.78 is 4.70. The van der Waals surface area contributed by atoms with Crippen LogP contribution in [-0.4, -0.2) is 19.1 Å². The average molecular weight is 226 g/mol. The number of hydrogen-bond acceptors (Lipinski definition) is 3. The summed E-state index contributed by atoms with van der Waals surface area (Å²) in [5.41, 5.74) is 2.02. The Morgan fingerprint density at radius 2 is 2.40 bits per heavy atom. The van der Waals surface area contributed by atoms with Crippen LogP contribution in [0.4, 0.5) is 5.69 Å². The van der Waals surface area contributed by atoms with Gasteiger partial charge in [0.05, 0.1) is 17.8 Å². The van der Waals surface area contributed by atoms with E-state index in [1.165, 1.54) is 7.11 Å². The Morgan fingerprint density at radius 1 is 1.60 bits per heavy atom. The van der Waals surface area contributed by atoms with Crippen LogP contribution in [0.15, 0.2) is 18.2 Å². The Morgan fingerprint density at radius 3 is 3.13 bits per heavy atom. The minimum Gasteiger partial charge on any atom is -0.467 e. The maximum Gasteiger partial charge on any atom is 0.328 e. The number of carbonyl (C=O) groups is 1. The van der Waals surface area contributed by atoms with E-state index in [0.29, 0.717) is 5.02 Å². The topological polar surface area (TPSA) is 38.3 Å². The quantitative estimate of drug-likeness (QED) is 0.745. The summed E-state index contributed by atoms with van der Waals surface area (Å²) in [6, 6.07) is 5.47. The number of fused-ring (bicyclic) bond motifs is 1. The van der Waals surface area contributed by atoms with Crippen LogP contribution >= 0.6 is 11.6 Å². The number of nitrogens with one attached hydrogen (secondary N) is 1. The van der Waals surface area contributed by atoms with E-state index in [1.54, 1.807) is 0 Å². The van der Waals surface area contributed by atoms with Crippen molar-refractivity contribution in [3.63, 3.8) is 0 Å². The Hall–Kier alpha value is -1.22. The lowest BCUT2D eigenvalue weighted by molar-refractivity contribution is -0.141. The monoisotopic (exact) mass is 225 g/mol. The number of carbonyl (C=O) groups excluding carboxylic acids is 1. The number of anilines is 1. The van der Waals surface area contributed by atoms with Crippen LogP contribution in [0, 0.1) is 0 Å². The van der Waals surface area contributed by atoms with Crippen LogP contribution in [0.25, 0.3) is 0 Å². The molecule has 0 saturated carbocycles. The lowest BCUT2D eigenvalue weighted by atomic mass is 9.98. The molecule has 0 aromatic heterocycles. The van der Waals surface area contributed by atoms with Gasteiger partial charge in [0, 0.05) is 0 Å². The number of aryl methyl sites for hydroxylation is 1. The molecule has 2 rings (SSSR count). The summed E-state index contributed by atoms with van der Waals surface area (Å²) in [5, 5.41) is 3.76. The average Bonchev–Trinajstić information content (AvgIpc) is 2.28. The van der Waals surface area contributed by atoms with Crippen LogP contribution < -0.4 is 5.32 Å². The number of benzene rings is 1. The first-order valence-electron chi connectivity index (χ1n) is 4.84. The Labute approximate surface area is 93.4 Å². The molecular weight excluding hydrogens is 214 g/mol. The highest BCUT2D eigenvalue weighted by atomic mass is 35.5. The Bertz CT molecular complexity index is 392. The van der Waals surface area contributed by atoms with E-state index < -0.39 is 0 Å². The molecule has 0 spiro atoms. The first-order valence-corrected chi connectivity index (χ1v) is 5.22. The van der Waals surface area contributed by atoms with Crippen molar-refractivity contribution in [2.75, 3.05) is 12.4 Å². The molecule has 1 N–H and O–H groups in total. The van der Waals surface area contributed by atoms with Gasteiger partial charge in [-0.1, -0.05) is 23.7 Å². The van der Waals surface area contributed by atoms with Gasteiger partial charge >= 0.3 is 5.97 Å². The molecule has 0 radical (unpaired) electrons. The van der Waals surface area contributed by atoms with E-state index >= 15 is 0 Å². The molecule has 1 aromatic carbocycles. The Kier molecular flexibility index (Phi) is 2.82. The van der Waals surface area contributed by atoms with Gasteiger partial charge in [0.2, 0.25) is 0 Å². The number of ether oxygens (including phenoxy) is 1. The maximum absolute atomic E-state index is 11.4. The number of halogens is 1. The smallest absolute Gasteiger partial charge is 0.328 e. The van der Waals surface area contributed by atoms with E-state index in [0.717, 1.165) is 24.1 Å². The largest absolute Gasteiger partial charge is 0.467 e. The zero-order valence-electron chi connectivity index (χ0n) is 8.42. The SMILES string of the molecule is COC(=O)C1CCc2cccc(Cl)c2N1. The molecule has 0 bridgehead atoms. The second-order valence-corrected chi connectivity index (χ2v) is 3.94. The van der Waals surface area contributed by atoms with Gasteiger partial charge in [-0.15, -0.1) is 0 Å². The highest BCUT2D eigenvalue weighted by Crippen LogP contribution is 2.31. The van der Waals surface area contributed by atoms with Crippen LogP contribution in [0.1, 0.15) is 12.0 Å². The summed E-state index contributed by atoms with van der Waals surface area (Å²) in [6.45, 7) is 0. The molecule has 0 aliphatic carbocycles. The van der Waals surface area contributed by atoms with E-state index in [4.69, 9.17) is 16.3 Å². The molecule has 1 heterocycles. The van der Waals surface area contributed by atoms with E-state index in [1.807, 2.05) is 18.2 Å². The third kappa shape index (κ3) is 1.92. The third-order valence-electron chi connectivity index (χ3n) is 2.61. The standard InChI is InChI=1S/C11H12ClNO2/c1-15-11(14)9-6-5-7-3-2-4-8(12)10(7)13-9/h2-4,9,13H,5-6H2,1H3. The zero-order valence-corrected chi connectivity index (χ0v) is 9.17. The number of methoxy groups -OCH3 is 1. The molecule has 80 valence electrons. The highest BCUT2D eigenvalue weighted by Gasteiger charge is 2.25. The van der Waals surface area contributed by atoms with Crippen LogP contribution in [-0.2, 0) is 16.0 Å². The van der Waals surface area contributed by atoms with E-state index in [-0.39, 0.29) is 12.0 Å². The van der Waals surface area contributed by atoms with Gasteiger partial charge in [-0.2, -0.15) is 0 Å². The zero-order chi connectivity index (χ0) is 10.8. The maximum atomic E-state index is 11.4. The van der Waals surface area contributed by atoms with Crippen molar-refractivity contribution in [3.8, 4) is 0 Å². The molecule has 15 heavy (non-hydrogen) atoms. The molecular formula is C11H12ClNO2. The van der Waals surface area contributed by atoms with Crippen molar-refractivity contribution in [2.24, 2.45) is 0 Å². The number of esters is 1. The summed E-state index contributed by atoms with van der Waals surface area (Å²) in [4.78, 5) is 11.4. The van der Waals surface area contributed by atoms with Crippen LogP contribution in [0.3, 0.4) is 0 Å². The minimum atomic E-state index is -0.276. The summed E-state index contributed by atoms with van der Waals surface area (Å²) >= 11 is 6.04. The molecule has 1 atom stereocenters. The first kappa shape index (κ1) is 10.3. The van der Waals surface area contributed by atoms with Crippen LogP contribution in [0.2, 0.25) is 5.02 Å². The Balaban J connectivity index is 2.26. The number of para-hydroxylation sites is 1. The van der Waals surface area contributed by atoms with Crippen LogP contribution in [0.5, 0.6) is 0 Å². The normalized spacial score (nSPS) is 18.9. The summed E-state index contributed by atoms with van der Waals surface area (Å²) in [7, 11) is 1.39. The first-order chi connectivity index (χ1) is 7.22. The lowest BCUT2D eigenvalue weighted by Gasteiger charge is -2.25. The molecule has 0 saturated heterocycles. The molecule has 0 amide bonds. The van der Waals surface area contributed by atoms with Crippen molar-refractivity contribution in [2.45, 2.75) is 18.9 Å². The van der Waals surface area contributed by atoms with Crippen molar-refractivity contribution >= 4 is 23.3 Å². The predicted molar refractivity (Wildman–Crippen MR) is 59.2 cm³/mol. The molecule has 0 fully saturated rings. The fourth-order valence-electron chi connectivity index (χ4n) is 1.80. The van der Waals surface area contributed by atoms with Gasteiger partial charge in [0.15, 0.2) is 0 Å².